The zero-order valence-corrected chi connectivity index (χ0v) is 16.8. The molecule has 0 radical (unpaired) electrons. The normalized spacial score (nSPS) is 17.6. The van der Waals surface area contributed by atoms with Gasteiger partial charge in [0.05, 0.1) is 28.9 Å². The lowest BCUT2D eigenvalue weighted by Crippen LogP contribution is -2.46. The quantitative estimate of drug-likeness (QED) is 0.641. The third-order valence-electron chi connectivity index (χ3n) is 5.66. The lowest BCUT2D eigenvalue weighted by atomic mass is 10.2. The van der Waals surface area contributed by atoms with E-state index in [0.717, 1.165) is 61.6 Å². The van der Waals surface area contributed by atoms with Crippen molar-refractivity contribution in [2.24, 2.45) is 5.92 Å². The molecule has 29 heavy (non-hydrogen) atoms. The van der Waals surface area contributed by atoms with Crippen LogP contribution in [0, 0.1) is 12.8 Å². The number of hydrogen-bond acceptors (Lipinski definition) is 7. The Bertz CT molecular complexity index is 998. The maximum Gasteiger partial charge on any atom is 0.224 e. The number of anilines is 1. The highest BCUT2D eigenvalue weighted by atomic mass is 16.5. The Morgan fingerprint density at radius 2 is 1.93 bits per heavy atom. The van der Waals surface area contributed by atoms with Gasteiger partial charge in [0.2, 0.25) is 5.88 Å². The minimum absolute atomic E-state index is 0.703. The molecule has 0 N–H and O–H groups in total. The van der Waals surface area contributed by atoms with Crippen LogP contribution in [0.2, 0.25) is 0 Å². The fraction of sp³-hybridized carbons (Fsp3) is 0.455. The van der Waals surface area contributed by atoms with E-state index in [4.69, 9.17) is 4.74 Å². The molecule has 5 rings (SSSR count). The summed E-state index contributed by atoms with van der Waals surface area (Å²) in [5, 5.41) is 1.00. The Morgan fingerprint density at radius 3 is 2.72 bits per heavy atom. The van der Waals surface area contributed by atoms with E-state index in [1.54, 1.807) is 12.5 Å². The number of aryl methyl sites for hydroxylation is 1. The molecule has 7 nitrogen and oxygen atoms in total. The van der Waals surface area contributed by atoms with Crippen LogP contribution in [-0.4, -0.2) is 57.6 Å². The second-order valence-electron chi connectivity index (χ2n) is 8.05. The van der Waals surface area contributed by atoms with E-state index in [9.17, 15) is 0 Å². The van der Waals surface area contributed by atoms with E-state index in [1.807, 2.05) is 13.1 Å². The highest BCUT2D eigenvalue weighted by molar-refractivity contribution is 5.86. The van der Waals surface area contributed by atoms with Crippen LogP contribution in [-0.2, 0) is 6.54 Å². The first-order chi connectivity index (χ1) is 14.2. The molecular weight excluding hydrogens is 364 g/mol. The average molecular weight is 390 g/mol. The number of hydrogen-bond donors (Lipinski definition) is 0. The molecule has 0 bridgehead atoms. The number of aromatic nitrogens is 4. The largest absolute Gasteiger partial charge is 0.477 e. The van der Waals surface area contributed by atoms with Gasteiger partial charge in [-0.15, -0.1) is 0 Å². The average Bonchev–Trinajstić information content (AvgIpc) is 3.57. The van der Waals surface area contributed by atoms with Gasteiger partial charge in [-0.05, 0) is 43.9 Å². The van der Waals surface area contributed by atoms with Crippen LogP contribution in [0.1, 0.15) is 24.2 Å². The van der Waals surface area contributed by atoms with Crippen LogP contribution < -0.4 is 9.64 Å². The van der Waals surface area contributed by atoms with Crippen molar-refractivity contribution in [3.63, 3.8) is 0 Å². The fourth-order valence-electron chi connectivity index (χ4n) is 3.80. The topological polar surface area (TPSA) is 67.3 Å². The van der Waals surface area contributed by atoms with Gasteiger partial charge in [0.15, 0.2) is 0 Å². The van der Waals surface area contributed by atoms with Crippen LogP contribution in [0.3, 0.4) is 0 Å². The van der Waals surface area contributed by atoms with Crippen molar-refractivity contribution in [3.8, 4) is 5.88 Å². The SMILES string of the molecule is Cc1cncc(CN2CCN(c3ccc4ncnc(OCC5CC5)c4c3)CC2)n1. The summed E-state index contributed by atoms with van der Waals surface area (Å²) in [6.07, 6.45) is 7.80. The molecule has 1 aliphatic carbocycles. The first kappa shape index (κ1) is 18.2. The maximum absolute atomic E-state index is 5.99. The summed E-state index contributed by atoms with van der Waals surface area (Å²) >= 11 is 0. The summed E-state index contributed by atoms with van der Waals surface area (Å²) in [5.74, 6) is 1.41. The van der Waals surface area contributed by atoms with Gasteiger partial charge in [-0.1, -0.05) is 0 Å². The van der Waals surface area contributed by atoms with E-state index in [2.05, 4.69) is 47.9 Å². The Kier molecular flexibility index (Phi) is 4.97. The first-order valence-corrected chi connectivity index (χ1v) is 10.4. The molecule has 150 valence electrons. The van der Waals surface area contributed by atoms with Gasteiger partial charge in [0, 0.05) is 50.8 Å². The van der Waals surface area contributed by atoms with Crippen LogP contribution >= 0.6 is 0 Å². The summed E-state index contributed by atoms with van der Waals surface area (Å²) in [6.45, 7) is 7.58. The number of ether oxygens (including phenoxy) is 1. The molecule has 7 heteroatoms. The van der Waals surface area contributed by atoms with Crippen molar-refractivity contribution in [3.05, 3.63) is 48.3 Å². The molecule has 0 spiro atoms. The second-order valence-corrected chi connectivity index (χ2v) is 8.05. The van der Waals surface area contributed by atoms with E-state index in [0.29, 0.717) is 11.8 Å². The summed E-state index contributed by atoms with van der Waals surface area (Å²) < 4.78 is 5.99. The molecule has 2 aromatic heterocycles. The molecule has 0 atom stereocenters. The summed E-state index contributed by atoms with van der Waals surface area (Å²) in [7, 11) is 0. The summed E-state index contributed by atoms with van der Waals surface area (Å²) in [6, 6.07) is 6.41. The van der Waals surface area contributed by atoms with Crippen LogP contribution in [0.5, 0.6) is 5.88 Å². The summed E-state index contributed by atoms with van der Waals surface area (Å²) in [4.78, 5) is 22.5. The number of rotatable bonds is 6. The van der Waals surface area contributed by atoms with Gasteiger partial charge in [-0.3, -0.25) is 14.9 Å². The number of nitrogens with zero attached hydrogens (tertiary/aromatic N) is 6. The van der Waals surface area contributed by atoms with Gasteiger partial charge in [0.1, 0.15) is 6.33 Å². The monoisotopic (exact) mass is 390 g/mol. The molecule has 1 aromatic carbocycles. The van der Waals surface area contributed by atoms with E-state index in [-0.39, 0.29) is 0 Å². The lowest BCUT2D eigenvalue weighted by Gasteiger charge is -2.36. The molecule has 2 aliphatic rings. The minimum Gasteiger partial charge on any atom is -0.477 e. The predicted octanol–water partition coefficient (Wildman–Crippen LogP) is 2.84. The van der Waals surface area contributed by atoms with Crippen molar-refractivity contribution in [1.29, 1.82) is 0 Å². The zero-order chi connectivity index (χ0) is 19.6. The Labute approximate surface area is 170 Å². The van der Waals surface area contributed by atoms with Crippen molar-refractivity contribution >= 4 is 16.6 Å². The molecule has 3 heterocycles. The van der Waals surface area contributed by atoms with Gasteiger partial charge in [-0.25, -0.2) is 9.97 Å². The number of fused-ring (bicyclic) bond motifs is 1. The molecule has 2 fully saturated rings. The van der Waals surface area contributed by atoms with Gasteiger partial charge < -0.3 is 9.64 Å². The van der Waals surface area contributed by atoms with E-state index >= 15 is 0 Å². The lowest BCUT2D eigenvalue weighted by molar-refractivity contribution is 0.246. The standard InChI is InChI=1S/C22H26N6O/c1-16-11-23-12-18(26-16)13-27-6-8-28(9-7-27)19-4-5-21-20(10-19)22(25-15-24-21)29-14-17-2-3-17/h4-5,10-12,15,17H,2-3,6-9,13-14H2,1H3. The van der Waals surface area contributed by atoms with Gasteiger partial charge in [-0.2, -0.15) is 0 Å². The predicted molar refractivity (Wildman–Crippen MR) is 112 cm³/mol. The minimum atomic E-state index is 0.703. The second kappa shape index (κ2) is 7.91. The molecule has 3 aromatic rings. The molecule has 1 saturated heterocycles. The Balaban J connectivity index is 1.26. The maximum atomic E-state index is 5.99. The van der Waals surface area contributed by atoms with Crippen LogP contribution in [0.25, 0.3) is 10.9 Å². The van der Waals surface area contributed by atoms with Crippen molar-refractivity contribution in [1.82, 2.24) is 24.8 Å². The van der Waals surface area contributed by atoms with Gasteiger partial charge in [0.25, 0.3) is 0 Å². The molecule has 1 aliphatic heterocycles. The first-order valence-electron chi connectivity index (χ1n) is 10.4. The van der Waals surface area contributed by atoms with E-state index in [1.165, 1.54) is 18.5 Å². The van der Waals surface area contributed by atoms with Crippen LogP contribution in [0.4, 0.5) is 5.69 Å². The smallest absolute Gasteiger partial charge is 0.224 e. The van der Waals surface area contributed by atoms with Crippen molar-refractivity contribution in [2.45, 2.75) is 26.3 Å². The third-order valence-corrected chi connectivity index (χ3v) is 5.66. The van der Waals surface area contributed by atoms with Crippen molar-refractivity contribution in [2.75, 3.05) is 37.7 Å². The number of piperazine rings is 1. The fourth-order valence-corrected chi connectivity index (χ4v) is 3.80. The van der Waals surface area contributed by atoms with Crippen LogP contribution in [0.15, 0.2) is 36.9 Å². The third kappa shape index (κ3) is 4.29. The zero-order valence-electron chi connectivity index (χ0n) is 16.8. The summed E-state index contributed by atoms with van der Waals surface area (Å²) in [5.41, 5.74) is 4.16. The Morgan fingerprint density at radius 1 is 1.07 bits per heavy atom. The highest BCUT2D eigenvalue weighted by Crippen LogP contribution is 2.32. The molecule has 0 amide bonds. The molecule has 0 unspecified atom stereocenters. The number of benzene rings is 1. The van der Waals surface area contributed by atoms with Crippen molar-refractivity contribution < 1.29 is 4.74 Å². The van der Waals surface area contributed by atoms with E-state index < -0.39 is 0 Å². The highest BCUT2D eigenvalue weighted by Gasteiger charge is 2.23. The Hall–Kier alpha value is -2.80. The molecule has 1 saturated carbocycles. The molecular formula is C22H26N6O. The van der Waals surface area contributed by atoms with Gasteiger partial charge >= 0.3 is 0 Å².